The van der Waals surface area contributed by atoms with Crippen molar-refractivity contribution >= 4 is 23.4 Å². The van der Waals surface area contributed by atoms with Gasteiger partial charge in [0.2, 0.25) is 0 Å². The van der Waals surface area contributed by atoms with Gasteiger partial charge in [0.15, 0.2) is 0 Å². The summed E-state index contributed by atoms with van der Waals surface area (Å²) < 4.78 is 5.22. The summed E-state index contributed by atoms with van der Waals surface area (Å²) in [5, 5.41) is 1.45. The van der Waals surface area contributed by atoms with E-state index in [0.29, 0.717) is 10.8 Å². The van der Waals surface area contributed by atoms with E-state index in [2.05, 4.69) is 0 Å². The van der Waals surface area contributed by atoms with Crippen LogP contribution in [0.2, 0.25) is 5.02 Å². The Kier molecular flexibility index (Phi) is 5.22. The number of methoxy groups -OCH3 is 1. The van der Waals surface area contributed by atoms with E-state index in [9.17, 15) is 0 Å². The van der Waals surface area contributed by atoms with Crippen molar-refractivity contribution in [2.75, 3.05) is 12.9 Å². The molecular formula is C14H20ClNOS. The summed E-state index contributed by atoms with van der Waals surface area (Å²) in [5.41, 5.74) is 7.33. The third-order valence-electron chi connectivity index (χ3n) is 3.42. The van der Waals surface area contributed by atoms with Gasteiger partial charge in [-0.05, 0) is 30.5 Å². The molecule has 18 heavy (non-hydrogen) atoms. The second-order valence-electron chi connectivity index (χ2n) is 4.74. The van der Waals surface area contributed by atoms with Gasteiger partial charge in [-0.25, -0.2) is 0 Å². The van der Waals surface area contributed by atoms with E-state index in [1.165, 1.54) is 25.7 Å². The van der Waals surface area contributed by atoms with Gasteiger partial charge < -0.3 is 10.5 Å². The smallest absolute Gasteiger partial charge is 0.137 e. The van der Waals surface area contributed by atoms with E-state index in [0.717, 1.165) is 16.6 Å². The Morgan fingerprint density at radius 2 is 2.17 bits per heavy atom. The number of nitrogens with two attached hydrogens (primary N) is 1. The molecule has 2 nitrogen and oxygen atoms in total. The molecule has 0 amide bonds. The minimum atomic E-state index is 0.0572. The quantitative estimate of drug-likeness (QED) is 0.887. The molecule has 1 fully saturated rings. The van der Waals surface area contributed by atoms with Crippen molar-refractivity contribution in [3.05, 3.63) is 28.8 Å². The topological polar surface area (TPSA) is 35.2 Å². The summed E-state index contributed by atoms with van der Waals surface area (Å²) in [6.07, 6.45) is 5.45. The molecule has 4 heteroatoms. The van der Waals surface area contributed by atoms with Crippen LogP contribution in [0.3, 0.4) is 0 Å². The summed E-state index contributed by atoms with van der Waals surface area (Å²) in [6.45, 7) is 0. The Morgan fingerprint density at radius 3 is 2.83 bits per heavy atom. The lowest BCUT2D eigenvalue weighted by molar-refractivity contribution is 0.414. The highest BCUT2D eigenvalue weighted by Gasteiger charge is 2.17. The van der Waals surface area contributed by atoms with Crippen molar-refractivity contribution in [3.63, 3.8) is 0 Å². The third kappa shape index (κ3) is 3.56. The number of thioether (sulfide) groups is 1. The van der Waals surface area contributed by atoms with Gasteiger partial charge in [0.25, 0.3) is 0 Å². The highest BCUT2D eigenvalue weighted by molar-refractivity contribution is 7.99. The first-order valence-electron chi connectivity index (χ1n) is 6.41. The van der Waals surface area contributed by atoms with Crippen LogP contribution < -0.4 is 10.5 Å². The van der Waals surface area contributed by atoms with Crippen molar-refractivity contribution in [1.82, 2.24) is 0 Å². The van der Waals surface area contributed by atoms with Crippen molar-refractivity contribution in [1.29, 1.82) is 0 Å². The van der Waals surface area contributed by atoms with Crippen LogP contribution in [0.25, 0.3) is 0 Å². The molecule has 1 atom stereocenters. The largest absolute Gasteiger partial charge is 0.495 e. The van der Waals surface area contributed by atoms with Gasteiger partial charge in [0.1, 0.15) is 5.75 Å². The Hall–Kier alpha value is -0.380. The van der Waals surface area contributed by atoms with Crippen LogP contribution in [0.15, 0.2) is 18.2 Å². The molecule has 1 unspecified atom stereocenters. The summed E-state index contributed by atoms with van der Waals surface area (Å²) in [6, 6.07) is 5.85. The fourth-order valence-corrected chi connectivity index (χ4v) is 3.83. The van der Waals surface area contributed by atoms with E-state index >= 15 is 0 Å². The molecule has 1 saturated carbocycles. The Labute approximate surface area is 118 Å². The molecule has 0 aromatic heterocycles. The molecule has 0 saturated heterocycles. The fourth-order valence-electron chi connectivity index (χ4n) is 2.30. The molecule has 1 aromatic rings. The maximum Gasteiger partial charge on any atom is 0.137 e. The number of benzene rings is 1. The zero-order valence-corrected chi connectivity index (χ0v) is 12.3. The van der Waals surface area contributed by atoms with Crippen LogP contribution in [-0.2, 0) is 0 Å². The number of hydrogen-bond donors (Lipinski definition) is 1. The monoisotopic (exact) mass is 285 g/mol. The maximum absolute atomic E-state index is 6.23. The van der Waals surface area contributed by atoms with Gasteiger partial charge in [-0.15, -0.1) is 0 Å². The van der Waals surface area contributed by atoms with E-state index in [-0.39, 0.29) is 6.04 Å². The molecule has 0 aliphatic heterocycles. The zero-order valence-electron chi connectivity index (χ0n) is 10.7. The Balaban J connectivity index is 1.93. The van der Waals surface area contributed by atoms with Crippen molar-refractivity contribution < 1.29 is 4.74 Å². The van der Waals surface area contributed by atoms with Crippen LogP contribution >= 0.6 is 23.4 Å². The average molecular weight is 286 g/mol. The molecule has 0 radical (unpaired) electrons. The van der Waals surface area contributed by atoms with E-state index < -0.39 is 0 Å². The van der Waals surface area contributed by atoms with Gasteiger partial charge in [-0.2, -0.15) is 11.8 Å². The minimum absolute atomic E-state index is 0.0572. The SMILES string of the molecule is COc1cc(C(N)CSC2CCCC2)ccc1Cl. The minimum Gasteiger partial charge on any atom is -0.495 e. The number of halogens is 1. The van der Waals surface area contributed by atoms with Crippen LogP contribution in [0.1, 0.15) is 37.3 Å². The lowest BCUT2D eigenvalue weighted by Crippen LogP contribution is -2.14. The molecule has 100 valence electrons. The molecule has 2 N–H and O–H groups in total. The van der Waals surface area contributed by atoms with Crippen molar-refractivity contribution in [2.45, 2.75) is 37.0 Å². The Bertz CT molecular complexity index is 393. The highest BCUT2D eigenvalue weighted by atomic mass is 35.5. The first kappa shape index (κ1) is 14.0. The summed E-state index contributed by atoms with van der Waals surface area (Å²) >= 11 is 8.02. The molecule has 1 aliphatic carbocycles. The van der Waals surface area contributed by atoms with Gasteiger partial charge >= 0.3 is 0 Å². The highest BCUT2D eigenvalue weighted by Crippen LogP contribution is 2.33. The predicted octanol–water partition coefficient (Wildman–Crippen LogP) is 4.02. The number of rotatable bonds is 5. The second kappa shape index (κ2) is 6.69. The number of hydrogen-bond acceptors (Lipinski definition) is 3. The molecule has 1 aromatic carbocycles. The number of ether oxygens (including phenoxy) is 1. The van der Waals surface area contributed by atoms with Crippen LogP contribution in [0.4, 0.5) is 0 Å². The summed E-state index contributed by atoms with van der Waals surface area (Å²) in [4.78, 5) is 0. The molecular weight excluding hydrogens is 266 g/mol. The van der Waals surface area contributed by atoms with E-state index in [4.69, 9.17) is 22.1 Å². The second-order valence-corrected chi connectivity index (χ2v) is 6.48. The molecule has 1 aliphatic rings. The summed E-state index contributed by atoms with van der Waals surface area (Å²) in [5.74, 6) is 1.67. The molecule has 0 bridgehead atoms. The van der Waals surface area contributed by atoms with Crippen LogP contribution in [0, 0.1) is 0 Å². The lowest BCUT2D eigenvalue weighted by atomic mass is 10.1. The van der Waals surface area contributed by atoms with Gasteiger partial charge in [0, 0.05) is 17.0 Å². The fraction of sp³-hybridized carbons (Fsp3) is 0.571. The van der Waals surface area contributed by atoms with Crippen molar-refractivity contribution in [2.24, 2.45) is 5.73 Å². The van der Waals surface area contributed by atoms with Crippen LogP contribution in [0.5, 0.6) is 5.75 Å². The van der Waals surface area contributed by atoms with E-state index in [1.54, 1.807) is 7.11 Å². The first-order valence-corrected chi connectivity index (χ1v) is 7.84. The Morgan fingerprint density at radius 1 is 1.44 bits per heavy atom. The molecule has 0 spiro atoms. The first-order chi connectivity index (χ1) is 8.70. The van der Waals surface area contributed by atoms with Crippen LogP contribution in [-0.4, -0.2) is 18.1 Å². The summed E-state index contributed by atoms with van der Waals surface area (Å²) in [7, 11) is 1.63. The molecule has 0 heterocycles. The average Bonchev–Trinajstić information content (AvgIpc) is 2.89. The third-order valence-corrected chi connectivity index (χ3v) is 5.22. The molecule has 2 rings (SSSR count). The van der Waals surface area contributed by atoms with Gasteiger partial charge in [-0.1, -0.05) is 30.5 Å². The van der Waals surface area contributed by atoms with Gasteiger partial charge in [0.05, 0.1) is 12.1 Å². The van der Waals surface area contributed by atoms with E-state index in [1.807, 2.05) is 30.0 Å². The standard InChI is InChI=1S/C14H20ClNOS/c1-17-14-8-10(6-7-12(14)15)13(16)9-18-11-4-2-3-5-11/h6-8,11,13H,2-5,9,16H2,1H3. The van der Waals surface area contributed by atoms with Crippen molar-refractivity contribution in [3.8, 4) is 5.75 Å². The van der Waals surface area contributed by atoms with Gasteiger partial charge in [-0.3, -0.25) is 0 Å². The lowest BCUT2D eigenvalue weighted by Gasteiger charge is -2.16. The zero-order chi connectivity index (χ0) is 13.0. The maximum atomic E-state index is 6.23. The predicted molar refractivity (Wildman–Crippen MR) is 79.6 cm³/mol. The normalized spacial score (nSPS) is 17.9.